The highest BCUT2D eigenvalue weighted by molar-refractivity contribution is 4.71. The number of rotatable bonds is 1. The highest BCUT2D eigenvalue weighted by Crippen LogP contribution is 1.98. The maximum absolute atomic E-state index is 9.88. The van der Waals surface area contributed by atoms with Gasteiger partial charge < -0.3 is 0 Å². The minimum atomic E-state index is -0.630. The Morgan fingerprint density at radius 1 is 1.88 bits per heavy atom. The number of hydrogen-bond acceptors (Lipinski definition) is 4. The molecule has 5 heteroatoms. The van der Waals surface area contributed by atoms with Crippen LogP contribution in [0.5, 0.6) is 0 Å². The van der Waals surface area contributed by atoms with Gasteiger partial charge in [0.15, 0.2) is 0 Å². The largest absolute Gasteiger partial charge is 0.279 e. The molecule has 1 aliphatic rings. The Morgan fingerprint density at radius 3 is 2.88 bits per heavy atom. The molecule has 1 fully saturated rings. The quantitative estimate of drug-likeness (QED) is 0.349. The van der Waals surface area contributed by atoms with Crippen molar-refractivity contribution in [3.05, 3.63) is 16.7 Å². The van der Waals surface area contributed by atoms with E-state index in [4.69, 9.17) is 0 Å². The molecule has 0 aliphatic carbocycles. The van der Waals surface area contributed by atoms with Crippen molar-refractivity contribution in [2.24, 2.45) is 0 Å². The van der Waals surface area contributed by atoms with Crippen LogP contribution in [0.2, 0.25) is 0 Å². The van der Waals surface area contributed by atoms with Gasteiger partial charge in [-0.25, -0.2) is 5.43 Å². The Balaban J connectivity index is 2.35. The smallest absolute Gasteiger partial charge is 0.263 e. The van der Waals surface area contributed by atoms with E-state index in [-0.39, 0.29) is 4.92 Å². The highest BCUT2D eigenvalue weighted by atomic mass is 16.6. The molecule has 1 heterocycles. The van der Waals surface area contributed by atoms with Gasteiger partial charge in [-0.05, 0) is 0 Å². The summed E-state index contributed by atoms with van der Waals surface area (Å²) in [4.78, 5) is 9.52. The summed E-state index contributed by atoms with van der Waals surface area (Å²) < 4.78 is 0. The van der Waals surface area contributed by atoms with Crippen molar-refractivity contribution in [1.82, 2.24) is 10.9 Å². The fourth-order valence-corrected chi connectivity index (χ4v) is 0.523. The number of nitrogens with zero attached hydrogens (tertiary/aromatic N) is 1. The monoisotopic (exact) mass is 116 g/mol. The second-order valence-electron chi connectivity index (χ2n) is 1.53. The first-order valence-corrected chi connectivity index (χ1v) is 2.27. The van der Waals surface area contributed by atoms with Crippen molar-refractivity contribution in [2.75, 3.05) is 0 Å². The van der Waals surface area contributed by atoms with Gasteiger partial charge in [0.1, 0.15) is 0 Å². The zero-order valence-electron chi connectivity index (χ0n) is 4.13. The zero-order valence-corrected chi connectivity index (χ0v) is 4.13. The lowest BCUT2D eigenvalue weighted by molar-refractivity contribution is -0.526. The molecule has 1 radical (unpaired) electrons. The van der Waals surface area contributed by atoms with Crippen LogP contribution < -0.4 is 10.9 Å². The summed E-state index contributed by atoms with van der Waals surface area (Å²) in [6, 6.07) is 0. The van der Waals surface area contributed by atoms with Crippen LogP contribution in [0.4, 0.5) is 0 Å². The SMILES string of the molecule is O=[N+]([O-])C1C[CH]NN1. The molecule has 0 bridgehead atoms. The second-order valence-corrected chi connectivity index (χ2v) is 1.53. The fraction of sp³-hybridized carbons (Fsp3) is 0.667. The molecule has 0 aromatic carbocycles. The molecule has 8 heavy (non-hydrogen) atoms. The van der Waals surface area contributed by atoms with E-state index in [9.17, 15) is 10.1 Å². The first-order valence-electron chi connectivity index (χ1n) is 2.27. The van der Waals surface area contributed by atoms with Gasteiger partial charge in [-0.1, -0.05) is 0 Å². The Labute approximate surface area is 46.2 Å². The van der Waals surface area contributed by atoms with Gasteiger partial charge in [-0.3, -0.25) is 10.1 Å². The average molecular weight is 116 g/mol. The predicted octanol–water partition coefficient (Wildman–Crippen LogP) is -0.751. The van der Waals surface area contributed by atoms with E-state index >= 15 is 0 Å². The van der Waals surface area contributed by atoms with Crippen molar-refractivity contribution < 1.29 is 4.92 Å². The first-order chi connectivity index (χ1) is 3.80. The Hall–Kier alpha value is -0.680. The van der Waals surface area contributed by atoms with E-state index in [1.54, 1.807) is 6.54 Å². The van der Waals surface area contributed by atoms with E-state index in [1.807, 2.05) is 0 Å². The zero-order chi connectivity index (χ0) is 5.98. The van der Waals surface area contributed by atoms with Gasteiger partial charge in [-0.15, -0.1) is 0 Å². The van der Waals surface area contributed by atoms with Crippen molar-refractivity contribution in [2.45, 2.75) is 12.6 Å². The van der Waals surface area contributed by atoms with E-state index in [2.05, 4.69) is 10.9 Å². The van der Waals surface area contributed by atoms with Gasteiger partial charge >= 0.3 is 0 Å². The number of hydrogen-bond donors (Lipinski definition) is 2. The molecular formula is C3H6N3O2. The van der Waals surface area contributed by atoms with Crippen molar-refractivity contribution in [3.63, 3.8) is 0 Å². The van der Waals surface area contributed by atoms with Crippen LogP contribution in [0.1, 0.15) is 6.42 Å². The second kappa shape index (κ2) is 2.06. The molecule has 0 aromatic heterocycles. The summed E-state index contributed by atoms with van der Waals surface area (Å²) in [5.41, 5.74) is 4.99. The van der Waals surface area contributed by atoms with Crippen molar-refractivity contribution in [1.29, 1.82) is 0 Å². The van der Waals surface area contributed by atoms with Crippen LogP contribution in [0.25, 0.3) is 0 Å². The number of hydrazine groups is 1. The summed E-state index contributed by atoms with van der Waals surface area (Å²) >= 11 is 0. The summed E-state index contributed by atoms with van der Waals surface area (Å²) in [6.45, 7) is 1.62. The van der Waals surface area contributed by atoms with Gasteiger partial charge in [0.25, 0.3) is 6.17 Å². The Kier molecular flexibility index (Phi) is 1.40. The van der Waals surface area contributed by atoms with Crippen LogP contribution in [0.3, 0.4) is 0 Å². The maximum Gasteiger partial charge on any atom is 0.279 e. The van der Waals surface area contributed by atoms with Crippen molar-refractivity contribution >= 4 is 0 Å². The van der Waals surface area contributed by atoms with Gasteiger partial charge in [0.05, 0.1) is 0 Å². The summed E-state index contributed by atoms with van der Waals surface area (Å²) in [5, 5.41) is 9.88. The normalized spacial score (nSPS) is 28.2. The van der Waals surface area contributed by atoms with Crippen LogP contribution in [-0.4, -0.2) is 11.1 Å². The van der Waals surface area contributed by atoms with Crippen LogP contribution in [0, 0.1) is 16.7 Å². The average Bonchev–Trinajstić information content (AvgIpc) is 2.12. The molecule has 2 N–H and O–H groups in total. The molecule has 0 spiro atoms. The van der Waals surface area contributed by atoms with E-state index < -0.39 is 6.17 Å². The van der Waals surface area contributed by atoms with Gasteiger partial charge in [-0.2, -0.15) is 5.43 Å². The first kappa shape index (κ1) is 5.46. The third-order valence-electron chi connectivity index (χ3n) is 0.948. The summed E-state index contributed by atoms with van der Waals surface area (Å²) in [5.74, 6) is 0. The summed E-state index contributed by atoms with van der Waals surface area (Å²) in [6.07, 6.45) is -0.178. The maximum atomic E-state index is 9.88. The molecule has 45 valence electrons. The predicted molar refractivity (Wildman–Crippen MR) is 26.0 cm³/mol. The van der Waals surface area contributed by atoms with Crippen LogP contribution in [-0.2, 0) is 0 Å². The molecule has 1 unspecified atom stereocenters. The minimum absolute atomic E-state index is 0.365. The standard InChI is InChI=1S/C3H6N3O2/c7-6(8)3-1-2-4-5-3/h2-5H,1H2. The van der Waals surface area contributed by atoms with E-state index in [0.717, 1.165) is 0 Å². The lowest BCUT2D eigenvalue weighted by atomic mass is 10.4. The molecule has 0 amide bonds. The van der Waals surface area contributed by atoms with Crippen molar-refractivity contribution in [3.8, 4) is 0 Å². The highest BCUT2D eigenvalue weighted by Gasteiger charge is 2.23. The molecule has 5 nitrogen and oxygen atoms in total. The molecular weight excluding hydrogens is 110 g/mol. The molecule has 0 aromatic rings. The van der Waals surface area contributed by atoms with E-state index in [1.165, 1.54) is 0 Å². The number of nitro groups is 1. The Morgan fingerprint density at radius 2 is 2.62 bits per heavy atom. The molecule has 1 saturated heterocycles. The third kappa shape index (κ3) is 0.932. The lowest BCUT2D eigenvalue weighted by Gasteiger charge is -1.96. The lowest BCUT2D eigenvalue weighted by Crippen LogP contribution is -2.34. The molecule has 1 atom stereocenters. The molecule has 1 rings (SSSR count). The van der Waals surface area contributed by atoms with Crippen LogP contribution >= 0.6 is 0 Å². The van der Waals surface area contributed by atoms with E-state index in [0.29, 0.717) is 6.42 Å². The number of nitrogens with one attached hydrogen (secondary N) is 2. The summed E-state index contributed by atoms with van der Waals surface area (Å²) in [7, 11) is 0. The molecule has 0 saturated carbocycles. The van der Waals surface area contributed by atoms with Gasteiger partial charge in [0.2, 0.25) is 0 Å². The van der Waals surface area contributed by atoms with Gasteiger partial charge in [0, 0.05) is 17.9 Å². The Bertz CT molecular complexity index is 98.7. The minimum Gasteiger partial charge on any atom is -0.263 e. The third-order valence-corrected chi connectivity index (χ3v) is 0.948. The topological polar surface area (TPSA) is 67.2 Å². The van der Waals surface area contributed by atoms with Crippen LogP contribution in [0.15, 0.2) is 0 Å². The fourth-order valence-electron chi connectivity index (χ4n) is 0.523. The molecule has 1 aliphatic heterocycles.